The molecular formula is C19H15BrClNO4S. The van der Waals surface area contributed by atoms with E-state index in [1.165, 1.54) is 11.3 Å². The molecule has 0 aliphatic rings. The van der Waals surface area contributed by atoms with Crippen molar-refractivity contribution in [3.05, 3.63) is 62.9 Å². The SMILES string of the molecule is O=C(CNC(=O)c1sc2ccccc2c1Cl)OCCOc1ccc(Br)cc1. The van der Waals surface area contributed by atoms with Gasteiger partial charge in [0, 0.05) is 14.6 Å². The van der Waals surface area contributed by atoms with Crippen LogP contribution >= 0.6 is 38.9 Å². The number of ether oxygens (including phenoxy) is 2. The number of benzene rings is 2. The lowest BCUT2D eigenvalue weighted by Gasteiger charge is -2.08. The minimum absolute atomic E-state index is 0.0917. The summed E-state index contributed by atoms with van der Waals surface area (Å²) in [5, 5.41) is 3.75. The number of hydrogen-bond donors (Lipinski definition) is 1. The summed E-state index contributed by atoms with van der Waals surface area (Å²) in [5.74, 6) is -0.258. The van der Waals surface area contributed by atoms with Crippen LogP contribution in [0.1, 0.15) is 9.67 Å². The van der Waals surface area contributed by atoms with Gasteiger partial charge in [-0.1, -0.05) is 45.7 Å². The Morgan fingerprint density at radius 3 is 2.56 bits per heavy atom. The Kier molecular flexibility index (Phi) is 6.71. The van der Waals surface area contributed by atoms with Crippen molar-refractivity contribution in [2.75, 3.05) is 19.8 Å². The molecule has 1 N–H and O–H groups in total. The molecule has 2 aromatic carbocycles. The van der Waals surface area contributed by atoms with Crippen molar-refractivity contribution in [3.8, 4) is 5.75 Å². The number of carbonyl (C=O) groups is 2. The molecule has 5 nitrogen and oxygen atoms in total. The Morgan fingerprint density at radius 1 is 1.07 bits per heavy atom. The van der Waals surface area contributed by atoms with Crippen LogP contribution in [0.2, 0.25) is 5.02 Å². The number of carbonyl (C=O) groups excluding carboxylic acids is 2. The molecule has 27 heavy (non-hydrogen) atoms. The van der Waals surface area contributed by atoms with E-state index in [0.29, 0.717) is 15.6 Å². The van der Waals surface area contributed by atoms with Gasteiger partial charge in [-0.3, -0.25) is 9.59 Å². The summed E-state index contributed by atoms with van der Waals surface area (Å²) < 4.78 is 12.4. The first-order valence-electron chi connectivity index (χ1n) is 8.04. The van der Waals surface area contributed by atoms with Crippen molar-refractivity contribution in [2.45, 2.75) is 0 Å². The number of fused-ring (bicyclic) bond motifs is 1. The fraction of sp³-hybridized carbons (Fsp3) is 0.158. The van der Waals surface area contributed by atoms with E-state index in [1.807, 2.05) is 36.4 Å². The molecule has 1 aromatic heterocycles. The first kappa shape index (κ1) is 19.7. The van der Waals surface area contributed by atoms with Crippen molar-refractivity contribution >= 4 is 60.8 Å². The van der Waals surface area contributed by atoms with Crippen molar-refractivity contribution in [3.63, 3.8) is 0 Å². The molecule has 0 spiro atoms. The molecule has 0 bridgehead atoms. The number of esters is 1. The van der Waals surface area contributed by atoms with Gasteiger partial charge in [0.15, 0.2) is 0 Å². The van der Waals surface area contributed by atoms with Gasteiger partial charge in [-0.15, -0.1) is 11.3 Å². The predicted molar refractivity (Wildman–Crippen MR) is 110 cm³/mol. The van der Waals surface area contributed by atoms with Crippen LogP contribution in [0.25, 0.3) is 10.1 Å². The van der Waals surface area contributed by atoms with E-state index < -0.39 is 11.9 Å². The third kappa shape index (κ3) is 5.22. The summed E-state index contributed by atoms with van der Waals surface area (Å²) in [6, 6.07) is 14.8. The van der Waals surface area contributed by atoms with Gasteiger partial charge < -0.3 is 14.8 Å². The lowest BCUT2D eigenvalue weighted by atomic mass is 10.2. The zero-order valence-electron chi connectivity index (χ0n) is 14.0. The molecule has 8 heteroatoms. The second-order valence-corrected chi connectivity index (χ2v) is 7.79. The summed E-state index contributed by atoms with van der Waals surface area (Å²) in [4.78, 5) is 24.4. The average Bonchev–Trinajstić information content (AvgIpc) is 3.02. The fourth-order valence-corrected chi connectivity index (χ4v) is 3.99. The maximum absolute atomic E-state index is 12.3. The number of rotatable bonds is 7. The van der Waals surface area contributed by atoms with E-state index in [0.717, 1.165) is 14.6 Å². The summed E-state index contributed by atoms with van der Waals surface area (Å²) >= 11 is 10.9. The van der Waals surface area contributed by atoms with E-state index in [2.05, 4.69) is 21.2 Å². The average molecular weight is 469 g/mol. The number of hydrogen-bond acceptors (Lipinski definition) is 5. The lowest BCUT2D eigenvalue weighted by Crippen LogP contribution is -2.30. The molecule has 3 aromatic rings. The predicted octanol–water partition coefficient (Wildman–Crippen LogP) is 4.67. The number of amides is 1. The van der Waals surface area contributed by atoms with Crippen LogP contribution < -0.4 is 10.1 Å². The topological polar surface area (TPSA) is 64.6 Å². The molecule has 1 amide bonds. The summed E-state index contributed by atoms with van der Waals surface area (Å²) in [6.45, 7) is 0.0829. The Morgan fingerprint density at radius 2 is 1.81 bits per heavy atom. The first-order chi connectivity index (χ1) is 13.0. The summed E-state index contributed by atoms with van der Waals surface area (Å²) in [5.41, 5.74) is 0. The van der Waals surface area contributed by atoms with Crippen molar-refractivity contribution in [1.82, 2.24) is 5.32 Å². The van der Waals surface area contributed by atoms with E-state index >= 15 is 0 Å². The van der Waals surface area contributed by atoms with Gasteiger partial charge in [-0.05, 0) is 30.3 Å². The maximum atomic E-state index is 12.3. The standard InChI is InChI=1S/C19H15BrClNO4S/c20-12-5-7-13(8-6-12)25-9-10-26-16(23)11-22-19(24)18-17(21)14-3-1-2-4-15(14)27-18/h1-8H,9-11H2,(H,22,24). The normalized spacial score (nSPS) is 10.6. The highest BCUT2D eigenvalue weighted by Crippen LogP contribution is 2.34. The molecular weight excluding hydrogens is 454 g/mol. The Hall–Kier alpha value is -2.09. The van der Waals surface area contributed by atoms with Gasteiger partial charge >= 0.3 is 5.97 Å². The van der Waals surface area contributed by atoms with Crippen LogP contribution in [0.15, 0.2) is 53.0 Å². The van der Waals surface area contributed by atoms with Gasteiger partial charge in [-0.2, -0.15) is 0 Å². The van der Waals surface area contributed by atoms with Crippen molar-refractivity contribution in [1.29, 1.82) is 0 Å². The summed E-state index contributed by atoms with van der Waals surface area (Å²) in [7, 11) is 0. The monoisotopic (exact) mass is 467 g/mol. The Balaban J connectivity index is 1.42. The van der Waals surface area contributed by atoms with Gasteiger partial charge in [-0.25, -0.2) is 0 Å². The second-order valence-electron chi connectivity index (χ2n) is 5.45. The first-order valence-corrected chi connectivity index (χ1v) is 10.0. The van der Waals surface area contributed by atoms with Gasteiger partial charge in [0.05, 0.1) is 5.02 Å². The maximum Gasteiger partial charge on any atom is 0.325 e. The second kappa shape index (κ2) is 9.21. The van der Waals surface area contributed by atoms with E-state index in [1.54, 1.807) is 12.1 Å². The van der Waals surface area contributed by atoms with Crippen molar-refractivity contribution < 1.29 is 19.1 Å². The fourth-order valence-electron chi connectivity index (χ4n) is 2.29. The molecule has 0 aliphatic carbocycles. The molecule has 0 unspecified atom stereocenters. The molecule has 0 fully saturated rings. The Bertz CT molecular complexity index is 958. The van der Waals surface area contributed by atoms with E-state index in [-0.39, 0.29) is 19.8 Å². The van der Waals surface area contributed by atoms with Gasteiger partial charge in [0.1, 0.15) is 30.4 Å². The zero-order chi connectivity index (χ0) is 19.2. The smallest absolute Gasteiger partial charge is 0.325 e. The van der Waals surface area contributed by atoms with Crippen molar-refractivity contribution in [2.24, 2.45) is 0 Å². The van der Waals surface area contributed by atoms with E-state index in [9.17, 15) is 9.59 Å². The highest BCUT2D eigenvalue weighted by molar-refractivity contribution is 9.10. The van der Waals surface area contributed by atoms with Gasteiger partial charge in [0.25, 0.3) is 5.91 Å². The van der Waals surface area contributed by atoms with Crippen LogP contribution in [0.3, 0.4) is 0 Å². The van der Waals surface area contributed by atoms with Crippen LogP contribution in [0, 0.1) is 0 Å². The van der Waals surface area contributed by atoms with Crippen LogP contribution in [0.5, 0.6) is 5.75 Å². The van der Waals surface area contributed by atoms with Crippen LogP contribution in [0.4, 0.5) is 0 Å². The largest absolute Gasteiger partial charge is 0.490 e. The van der Waals surface area contributed by atoms with E-state index in [4.69, 9.17) is 21.1 Å². The molecule has 3 rings (SSSR count). The molecule has 140 valence electrons. The van der Waals surface area contributed by atoms with Crippen LogP contribution in [-0.4, -0.2) is 31.6 Å². The molecule has 0 atom stereocenters. The lowest BCUT2D eigenvalue weighted by molar-refractivity contribution is -0.143. The zero-order valence-corrected chi connectivity index (χ0v) is 17.2. The minimum Gasteiger partial charge on any atom is -0.490 e. The highest BCUT2D eigenvalue weighted by atomic mass is 79.9. The molecule has 0 aliphatic heterocycles. The third-order valence-corrected chi connectivity index (χ3v) is 5.77. The quantitative estimate of drug-likeness (QED) is 0.404. The molecule has 1 heterocycles. The highest BCUT2D eigenvalue weighted by Gasteiger charge is 2.17. The summed E-state index contributed by atoms with van der Waals surface area (Å²) in [6.07, 6.45) is 0. The number of nitrogens with one attached hydrogen (secondary N) is 1. The minimum atomic E-state index is -0.542. The molecule has 0 saturated carbocycles. The number of thiophene rings is 1. The molecule has 0 radical (unpaired) electrons. The molecule has 0 saturated heterocycles. The van der Waals surface area contributed by atoms with Gasteiger partial charge in [0.2, 0.25) is 0 Å². The van der Waals surface area contributed by atoms with Crippen LogP contribution in [-0.2, 0) is 9.53 Å². The number of halogens is 2. The Labute approximate surface area is 173 Å². The third-order valence-electron chi connectivity index (χ3n) is 3.56.